The largest absolute Gasteiger partial charge is 0.472 e. The van der Waals surface area contributed by atoms with Gasteiger partial charge in [-0.3, -0.25) is 9.59 Å². The smallest absolute Gasteiger partial charge is 0.257 e. The van der Waals surface area contributed by atoms with Crippen molar-refractivity contribution in [3.8, 4) is 11.3 Å². The van der Waals surface area contributed by atoms with Gasteiger partial charge in [-0.05, 0) is 37.1 Å². The predicted octanol–water partition coefficient (Wildman–Crippen LogP) is 4.17. The zero-order chi connectivity index (χ0) is 20.4. The fourth-order valence-electron chi connectivity index (χ4n) is 3.27. The Morgan fingerprint density at radius 3 is 2.86 bits per heavy atom. The molecule has 150 valence electrons. The summed E-state index contributed by atoms with van der Waals surface area (Å²) in [6.45, 7) is 0.905. The lowest BCUT2D eigenvalue weighted by Crippen LogP contribution is -2.43. The number of benzene rings is 1. The summed E-state index contributed by atoms with van der Waals surface area (Å²) >= 11 is 1.20. The van der Waals surface area contributed by atoms with E-state index in [1.807, 2.05) is 0 Å². The lowest BCUT2D eigenvalue weighted by Gasteiger charge is -2.31. The number of nitrogens with one attached hydrogen (secondary N) is 1. The van der Waals surface area contributed by atoms with Crippen molar-refractivity contribution in [2.45, 2.75) is 12.8 Å². The monoisotopic (exact) mass is 417 g/mol. The number of piperidine rings is 1. The normalized spacial score (nSPS) is 16.6. The number of thiazole rings is 1. The Labute approximate surface area is 169 Å². The van der Waals surface area contributed by atoms with Crippen molar-refractivity contribution >= 4 is 28.3 Å². The highest BCUT2D eigenvalue weighted by molar-refractivity contribution is 7.14. The van der Waals surface area contributed by atoms with Crippen molar-refractivity contribution in [1.29, 1.82) is 0 Å². The molecule has 0 saturated carbocycles. The molecule has 2 aromatic heterocycles. The molecule has 1 fully saturated rings. The number of nitrogens with zero attached hydrogens (tertiary/aromatic N) is 2. The molecule has 2 amide bonds. The number of rotatable bonds is 4. The summed E-state index contributed by atoms with van der Waals surface area (Å²) in [4.78, 5) is 31.1. The van der Waals surface area contributed by atoms with E-state index in [9.17, 15) is 18.4 Å². The number of carbonyl (C=O) groups is 2. The lowest BCUT2D eigenvalue weighted by molar-refractivity contribution is -0.121. The van der Waals surface area contributed by atoms with E-state index in [1.54, 1.807) is 16.3 Å². The molecule has 1 aliphatic rings. The highest BCUT2D eigenvalue weighted by Crippen LogP contribution is 2.27. The number of aromatic nitrogens is 1. The maximum absolute atomic E-state index is 13.4. The quantitative estimate of drug-likeness (QED) is 0.691. The Bertz CT molecular complexity index is 1040. The first kappa shape index (κ1) is 19.3. The van der Waals surface area contributed by atoms with Crippen LogP contribution in [0.5, 0.6) is 0 Å². The van der Waals surface area contributed by atoms with Gasteiger partial charge in [0.25, 0.3) is 5.91 Å². The van der Waals surface area contributed by atoms with Crippen LogP contribution in [0.4, 0.5) is 13.9 Å². The van der Waals surface area contributed by atoms with Crippen molar-refractivity contribution in [2.75, 3.05) is 18.4 Å². The highest BCUT2D eigenvalue weighted by atomic mass is 32.1. The predicted molar refractivity (Wildman–Crippen MR) is 103 cm³/mol. The second-order valence-corrected chi connectivity index (χ2v) is 7.62. The van der Waals surface area contributed by atoms with E-state index in [1.165, 1.54) is 29.9 Å². The van der Waals surface area contributed by atoms with Gasteiger partial charge in [0, 0.05) is 24.0 Å². The van der Waals surface area contributed by atoms with E-state index < -0.39 is 11.6 Å². The molecule has 3 aromatic rings. The van der Waals surface area contributed by atoms with Gasteiger partial charge in [0.2, 0.25) is 5.91 Å². The van der Waals surface area contributed by atoms with Crippen LogP contribution < -0.4 is 5.32 Å². The molecule has 29 heavy (non-hydrogen) atoms. The first-order valence-electron chi connectivity index (χ1n) is 9.04. The molecular formula is C20H17F2N3O3S. The number of hydrogen-bond acceptors (Lipinski definition) is 5. The summed E-state index contributed by atoms with van der Waals surface area (Å²) < 4.78 is 31.5. The molecule has 0 aliphatic carbocycles. The molecule has 1 atom stereocenters. The minimum atomic E-state index is -0.953. The van der Waals surface area contributed by atoms with E-state index >= 15 is 0 Å². The van der Waals surface area contributed by atoms with Crippen molar-refractivity contribution in [3.05, 3.63) is 59.4 Å². The number of furan rings is 1. The molecule has 1 aliphatic heterocycles. The first-order valence-corrected chi connectivity index (χ1v) is 9.92. The van der Waals surface area contributed by atoms with Crippen LogP contribution in [-0.4, -0.2) is 34.8 Å². The molecule has 6 nitrogen and oxygen atoms in total. The minimum absolute atomic E-state index is 0.161. The van der Waals surface area contributed by atoms with Gasteiger partial charge < -0.3 is 14.6 Å². The molecule has 1 saturated heterocycles. The number of anilines is 1. The van der Waals surface area contributed by atoms with Crippen LogP contribution >= 0.6 is 11.3 Å². The van der Waals surface area contributed by atoms with Gasteiger partial charge in [-0.1, -0.05) is 0 Å². The van der Waals surface area contributed by atoms with E-state index in [0.29, 0.717) is 41.5 Å². The Balaban J connectivity index is 1.41. The van der Waals surface area contributed by atoms with E-state index in [-0.39, 0.29) is 17.7 Å². The highest BCUT2D eigenvalue weighted by Gasteiger charge is 2.29. The van der Waals surface area contributed by atoms with Crippen LogP contribution in [0.15, 0.2) is 46.6 Å². The van der Waals surface area contributed by atoms with Gasteiger partial charge >= 0.3 is 0 Å². The Morgan fingerprint density at radius 1 is 1.24 bits per heavy atom. The Kier molecular flexibility index (Phi) is 5.39. The molecule has 0 unspecified atom stereocenters. The third kappa shape index (κ3) is 4.19. The van der Waals surface area contributed by atoms with Crippen LogP contribution in [0.1, 0.15) is 23.2 Å². The van der Waals surface area contributed by atoms with Crippen LogP contribution in [0, 0.1) is 17.6 Å². The van der Waals surface area contributed by atoms with Crippen molar-refractivity contribution in [2.24, 2.45) is 5.92 Å². The van der Waals surface area contributed by atoms with Gasteiger partial charge in [0.1, 0.15) is 6.26 Å². The maximum Gasteiger partial charge on any atom is 0.257 e. The summed E-state index contributed by atoms with van der Waals surface area (Å²) in [5.74, 6) is -2.61. The standard InChI is InChI=1S/C20H17F2N3O3S/c21-15-4-3-12(8-16(15)22)17-11-29-20(23-17)24-18(26)13-2-1-6-25(9-13)19(27)14-5-7-28-10-14/h3-5,7-8,10-11,13H,1-2,6,9H2,(H,23,24,26)/t13-/m0/s1. The SMILES string of the molecule is O=C(Nc1nc(-c2ccc(F)c(F)c2)cs1)[C@H]1CCCN(C(=O)c2ccoc2)C1. The fourth-order valence-corrected chi connectivity index (χ4v) is 3.99. The van der Waals surface area contributed by atoms with Crippen LogP contribution in [0.2, 0.25) is 0 Å². The summed E-state index contributed by atoms with van der Waals surface area (Å²) in [6, 6.07) is 5.13. The molecule has 3 heterocycles. The van der Waals surface area contributed by atoms with Crippen molar-refractivity contribution in [3.63, 3.8) is 0 Å². The molecule has 4 rings (SSSR count). The summed E-state index contributed by atoms with van der Waals surface area (Å²) in [5.41, 5.74) is 1.34. The van der Waals surface area contributed by atoms with Gasteiger partial charge in [-0.15, -0.1) is 11.3 Å². The average Bonchev–Trinajstić information content (AvgIpc) is 3.42. The lowest BCUT2D eigenvalue weighted by atomic mass is 9.97. The van der Waals surface area contributed by atoms with E-state index in [2.05, 4.69) is 10.3 Å². The van der Waals surface area contributed by atoms with Gasteiger partial charge in [-0.25, -0.2) is 13.8 Å². The fraction of sp³-hybridized carbons (Fsp3) is 0.250. The van der Waals surface area contributed by atoms with Crippen LogP contribution in [-0.2, 0) is 4.79 Å². The van der Waals surface area contributed by atoms with Crippen LogP contribution in [0.3, 0.4) is 0 Å². The molecule has 0 bridgehead atoms. The minimum Gasteiger partial charge on any atom is -0.472 e. The summed E-state index contributed by atoms with van der Waals surface area (Å²) in [7, 11) is 0. The molecule has 1 N–H and O–H groups in total. The maximum atomic E-state index is 13.4. The zero-order valence-electron chi connectivity index (χ0n) is 15.2. The first-order chi connectivity index (χ1) is 14.0. The third-order valence-corrected chi connectivity index (χ3v) is 5.55. The number of halogens is 2. The van der Waals surface area contributed by atoms with E-state index in [0.717, 1.165) is 18.6 Å². The van der Waals surface area contributed by atoms with E-state index in [4.69, 9.17) is 4.42 Å². The topological polar surface area (TPSA) is 75.4 Å². The third-order valence-electron chi connectivity index (χ3n) is 4.80. The number of likely N-dealkylation sites (tertiary alicyclic amines) is 1. The second-order valence-electron chi connectivity index (χ2n) is 6.76. The zero-order valence-corrected chi connectivity index (χ0v) is 16.0. The molecule has 0 radical (unpaired) electrons. The molecule has 0 spiro atoms. The van der Waals surface area contributed by atoms with Crippen molar-refractivity contribution in [1.82, 2.24) is 9.88 Å². The molecule has 1 aromatic carbocycles. The van der Waals surface area contributed by atoms with Gasteiger partial charge in [-0.2, -0.15) is 0 Å². The number of amides is 2. The van der Waals surface area contributed by atoms with Gasteiger partial charge in [0.15, 0.2) is 16.8 Å². The summed E-state index contributed by atoms with van der Waals surface area (Å²) in [5, 5.41) is 4.80. The number of carbonyl (C=O) groups excluding carboxylic acids is 2. The Hall–Kier alpha value is -3.07. The van der Waals surface area contributed by atoms with Gasteiger partial charge in [0.05, 0.1) is 23.4 Å². The second kappa shape index (κ2) is 8.12. The Morgan fingerprint density at radius 2 is 2.10 bits per heavy atom. The van der Waals surface area contributed by atoms with Crippen molar-refractivity contribution < 1.29 is 22.8 Å². The number of hydrogen-bond donors (Lipinski definition) is 1. The molecular weight excluding hydrogens is 400 g/mol. The summed E-state index contributed by atoms with van der Waals surface area (Å²) in [6.07, 6.45) is 4.22. The molecule has 9 heteroatoms. The average molecular weight is 417 g/mol. The van der Waals surface area contributed by atoms with Crippen LogP contribution in [0.25, 0.3) is 11.3 Å².